The highest BCUT2D eigenvalue weighted by Crippen LogP contribution is 2.31. The first-order valence-electron chi connectivity index (χ1n) is 6.97. The Labute approximate surface area is 120 Å². The summed E-state index contributed by atoms with van der Waals surface area (Å²) in [7, 11) is 1.66. The molecule has 20 heavy (non-hydrogen) atoms. The summed E-state index contributed by atoms with van der Waals surface area (Å²) >= 11 is 0. The summed E-state index contributed by atoms with van der Waals surface area (Å²) in [6.45, 7) is 4.71. The van der Waals surface area contributed by atoms with Gasteiger partial charge in [0.05, 0.1) is 18.8 Å². The molecule has 0 bridgehead atoms. The van der Waals surface area contributed by atoms with E-state index >= 15 is 0 Å². The largest absolute Gasteiger partial charge is 0.507 e. The SMILES string of the molecule is COCCOCCCCNC(C)c1c(O)cccc1O. The van der Waals surface area contributed by atoms with Gasteiger partial charge in [0.25, 0.3) is 0 Å². The molecular weight excluding hydrogens is 258 g/mol. The summed E-state index contributed by atoms with van der Waals surface area (Å²) in [5, 5.41) is 22.8. The molecular formula is C15H25NO4. The first-order valence-corrected chi connectivity index (χ1v) is 6.97. The molecule has 1 rings (SSSR count). The van der Waals surface area contributed by atoms with E-state index < -0.39 is 0 Å². The van der Waals surface area contributed by atoms with Crippen LogP contribution < -0.4 is 5.32 Å². The van der Waals surface area contributed by atoms with Crippen LogP contribution in [0.3, 0.4) is 0 Å². The molecule has 0 fully saturated rings. The molecule has 0 heterocycles. The quantitative estimate of drug-likeness (QED) is 0.574. The van der Waals surface area contributed by atoms with E-state index in [0.29, 0.717) is 18.8 Å². The number of hydrogen-bond acceptors (Lipinski definition) is 5. The third kappa shape index (κ3) is 5.77. The van der Waals surface area contributed by atoms with Gasteiger partial charge in [-0.15, -0.1) is 0 Å². The molecule has 1 aromatic rings. The van der Waals surface area contributed by atoms with Crippen molar-refractivity contribution >= 4 is 0 Å². The summed E-state index contributed by atoms with van der Waals surface area (Å²) in [5.74, 6) is 0.237. The molecule has 1 aromatic carbocycles. The molecule has 0 aliphatic heterocycles. The second-order valence-corrected chi connectivity index (χ2v) is 4.70. The van der Waals surface area contributed by atoms with E-state index in [1.165, 1.54) is 0 Å². The lowest BCUT2D eigenvalue weighted by atomic mass is 10.1. The Morgan fingerprint density at radius 2 is 1.80 bits per heavy atom. The Balaban J connectivity index is 2.19. The minimum Gasteiger partial charge on any atom is -0.507 e. The topological polar surface area (TPSA) is 71.0 Å². The van der Waals surface area contributed by atoms with Gasteiger partial charge in [0.1, 0.15) is 11.5 Å². The van der Waals surface area contributed by atoms with Crippen molar-refractivity contribution in [3.8, 4) is 11.5 Å². The van der Waals surface area contributed by atoms with Crippen LogP contribution in [0.5, 0.6) is 11.5 Å². The van der Waals surface area contributed by atoms with Crippen LogP contribution in [-0.2, 0) is 9.47 Å². The van der Waals surface area contributed by atoms with Gasteiger partial charge in [-0.1, -0.05) is 6.07 Å². The lowest BCUT2D eigenvalue weighted by Crippen LogP contribution is -2.20. The molecule has 0 aromatic heterocycles. The molecule has 0 aliphatic rings. The fourth-order valence-corrected chi connectivity index (χ4v) is 1.98. The van der Waals surface area contributed by atoms with Crippen molar-refractivity contribution in [2.45, 2.75) is 25.8 Å². The van der Waals surface area contributed by atoms with E-state index in [0.717, 1.165) is 26.0 Å². The fourth-order valence-electron chi connectivity index (χ4n) is 1.98. The summed E-state index contributed by atoms with van der Waals surface area (Å²) < 4.78 is 10.3. The normalized spacial score (nSPS) is 12.5. The van der Waals surface area contributed by atoms with Crippen molar-refractivity contribution in [3.63, 3.8) is 0 Å². The van der Waals surface area contributed by atoms with Crippen LogP contribution in [0.4, 0.5) is 0 Å². The minimum absolute atomic E-state index is 0.0920. The maximum Gasteiger partial charge on any atom is 0.124 e. The lowest BCUT2D eigenvalue weighted by Gasteiger charge is -2.16. The van der Waals surface area contributed by atoms with Gasteiger partial charge < -0.3 is 25.0 Å². The van der Waals surface area contributed by atoms with Crippen LogP contribution in [0.25, 0.3) is 0 Å². The molecule has 1 unspecified atom stereocenters. The minimum atomic E-state index is -0.0920. The van der Waals surface area contributed by atoms with Crippen molar-refractivity contribution in [1.29, 1.82) is 0 Å². The van der Waals surface area contributed by atoms with Crippen LogP contribution in [-0.4, -0.2) is 43.7 Å². The number of rotatable bonds is 10. The molecule has 0 aliphatic carbocycles. The molecule has 0 amide bonds. The first-order chi connectivity index (χ1) is 9.66. The molecule has 5 heteroatoms. The summed E-state index contributed by atoms with van der Waals surface area (Å²) in [6.07, 6.45) is 1.95. The molecule has 114 valence electrons. The van der Waals surface area contributed by atoms with Crippen LogP contribution in [0, 0.1) is 0 Å². The zero-order valence-corrected chi connectivity index (χ0v) is 12.3. The number of aromatic hydroxyl groups is 2. The average Bonchev–Trinajstić information content (AvgIpc) is 2.41. The molecule has 0 saturated carbocycles. The van der Waals surface area contributed by atoms with Gasteiger partial charge >= 0.3 is 0 Å². The van der Waals surface area contributed by atoms with Crippen molar-refractivity contribution < 1.29 is 19.7 Å². The monoisotopic (exact) mass is 283 g/mol. The highest BCUT2D eigenvalue weighted by molar-refractivity contribution is 5.44. The number of methoxy groups -OCH3 is 1. The lowest BCUT2D eigenvalue weighted by molar-refractivity contribution is 0.0687. The van der Waals surface area contributed by atoms with Crippen LogP contribution in [0.1, 0.15) is 31.4 Å². The summed E-state index contributed by atoms with van der Waals surface area (Å²) in [5.41, 5.74) is 0.545. The molecule has 5 nitrogen and oxygen atoms in total. The van der Waals surface area contributed by atoms with Gasteiger partial charge in [0.15, 0.2) is 0 Å². The number of nitrogens with one attached hydrogen (secondary N) is 1. The number of hydrogen-bond donors (Lipinski definition) is 3. The van der Waals surface area contributed by atoms with Crippen LogP contribution >= 0.6 is 0 Å². The van der Waals surface area contributed by atoms with Gasteiger partial charge in [-0.05, 0) is 38.4 Å². The number of phenols is 2. The standard InChI is InChI=1S/C15H25NO4/c1-12(15-13(17)6-5-7-14(15)18)16-8-3-4-9-20-11-10-19-2/h5-7,12,16-18H,3-4,8-11H2,1-2H3. The van der Waals surface area contributed by atoms with Gasteiger partial charge in [-0.25, -0.2) is 0 Å². The van der Waals surface area contributed by atoms with E-state index in [2.05, 4.69) is 5.32 Å². The average molecular weight is 283 g/mol. The van der Waals surface area contributed by atoms with Gasteiger partial charge in [-0.2, -0.15) is 0 Å². The second-order valence-electron chi connectivity index (χ2n) is 4.70. The highest BCUT2D eigenvalue weighted by atomic mass is 16.5. The Kier molecular flexibility index (Phi) is 8.02. The highest BCUT2D eigenvalue weighted by Gasteiger charge is 2.13. The number of ether oxygens (including phenoxy) is 2. The van der Waals surface area contributed by atoms with Crippen molar-refractivity contribution in [2.24, 2.45) is 0 Å². The van der Waals surface area contributed by atoms with Crippen molar-refractivity contribution in [2.75, 3.05) is 33.5 Å². The van der Waals surface area contributed by atoms with E-state index in [9.17, 15) is 10.2 Å². The van der Waals surface area contributed by atoms with Crippen LogP contribution in [0.2, 0.25) is 0 Å². The van der Waals surface area contributed by atoms with Crippen molar-refractivity contribution in [3.05, 3.63) is 23.8 Å². The Bertz CT molecular complexity index is 364. The summed E-state index contributed by atoms with van der Waals surface area (Å²) in [4.78, 5) is 0. The predicted molar refractivity (Wildman–Crippen MR) is 78.1 cm³/mol. The van der Waals surface area contributed by atoms with Gasteiger partial charge in [0.2, 0.25) is 0 Å². The molecule has 0 saturated heterocycles. The Hall–Kier alpha value is -1.30. The summed E-state index contributed by atoms with van der Waals surface area (Å²) in [6, 6.07) is 4.69. The number of unbranched alkanes of at least 4 members (excludes halogenated alkanes) is 1. The van der Waals surface area contributed by atoms with E-state index in [4.69, 9.17) is 9.47 Å². The number of phenolic OH excluding ortho intramolecular Hbond substituents is 2. The molecule has 1 atom stereocenters. The smallest absolute Gasteiger partial charge is 0.124 e. The first kappa shape index (κ1) is 16.8. The van der Waals surface area contributed by atoms with Gasteiger partial charge in [0, 0.05) is 19.8 Å². The molecule has 0 radical (unpaired) electrons. The maximum atomic E-state index is 9.75. The third-order valence-corrected chi connectivity index (χ3v) is 3.09. The Morgan fingerprint density at radius 3 is 2.45 bits per heavy atom. The predicted octanol–water partition coefficient (Wildman–Crippen LogP) is 2.19. The fraction of sp³-hybridized carbons (Fsp3) is 0.600. The van der Waals surface area contributed by atoms with E-state index in [1.54, 1.807) is 25.3 Å². The number of benzene rings is 1. The van der Waals surface area contributed by atoms with Crippen molar-refractivity contribution in [1.82, 2.24) is 5.32 Å². The van der Waals surface area contributed by atoms with E-state index in [-0.39, 0.29) is 17.5 Å². The zero-order chi connectivity index (χ0) is 14.8. The van der Waals surface area contributed by atoms with E-state index in [1.807, 2.05) is 6.92 Å². The zero-order valence-electron chi connectivity index (χ0n) is 12.3. The molecule has 3 N–H and O–H groups in total. The van der Waals surface area contributed by atoms with Gasteiger partial charge in [-0.3, -0.25) is 0 Å². The maximum absolute atomic E-state index is 9.75. The van der Waals surface area contributed by atoms with Crippen LogP contribution in [0.15, 0.2) is 18.2 Å². The second kappa shape index (κ2) is 9.58. The Morgan fingerprint density at radius 1 is 1.10 bits per heavy atom. The third-order valence-electron chi connectivity index (χ3n) is 3.09. The molecule has 0 spiro atoms.